The van der Waals surface area contributed by atoms with Crippen LogP contribution in [0.5, 0.6) is 0 Å². The third-order valence-corrected chi connectivity index (χ3v) is 6.09. The van der Waals surface area contributed by atoms with Crippen LogP contribution in [0.3, 0.4) is 0 Å². The minimum Gasteiger partial charge on any atom is -0.456 e. The van der Waals surface area contributed by atoms with Gasteiger partial charge in [-0.15, -0.1) is 0 Å². The Hall–Kier alpha value is -3.52. The molecule has 7 heteroatoms. The van der Waals surface area contributed by atoms with Crippen LogP contribution in [0, 0.1) is 0 Å². The van der Waals surface area contributed by atoms with Crippen molar-refractivity contribution < 1.29 is 33.3 Å². The van der Waals surface area contributed by atoms with Crippen LogP contribution < -0.4 is 0 Å². The second-order valence-electron chi connectivity index (χ2n) is 8.52. The highest BCUT2D eigenvalue weighted by atomic mass is 16.7. The molecule has 3 aromatic rings. The molecule has 4 unspecified atom stereocenters. The fourth-order valence-corrected chi connectivity index (χ4v) is 4.65. The molecule has 7 nitrogen and oxygen atoms in total. The number of carbonyl (C=O) groups is 2. The molecule has 188 valence electrons. The van der Waals surface area contributed by atoms with Gasteiger partial charge in [-0.3, -0.25) is 9.59 Å². The molecule has 0 radical (unpaired) electrons. The van der Waals surface area contributed by atoms with Gasteiger partial charge in [0.05, 0.1) is 6.61 Å². The highest BCUT2D eigenvalue weighted by Crippen LogP contribution is 2.43. The van der Waals surface area contributed by atoms with Gasteiger partial charge < -0.3 is 23.7 Å². The lowest BCUT2D eigenvalue weighted by molar-refractivity contribution is -0.294. The second kappa shape index (κ2) is 11.5. The number of benzene rings is 3. The van der Waals surface area contributed by atoms with Crippen LogP contribution in [0.2, 0.25) is 0 Å². The molecule has 1 fully saturated rings. The Morgan fingerprint density at radius 2 is 1.17 bits per heavy atom. The molecule has 1 heterocycles. The van der Waals surface area contributed by atoms with E-state index in [9.17, 15) is 9.59 Å². The van der Waals surface area contributed by atoms with Gasteiger partial charge in [0.15, 0.2) is 24.6 Å². The van der Waals surface area contributed by atoms with Crippen molar-refractivity contribution in [1.29, 1.82) is 0 Å². The quantitative estimate of drug-likeness (QED) is 0.345. The lowest BCUT2D eigenvalue weighted by Crippen LogP contribution is -2.59. The van der Waals surface area contributed by atoms with E-state index in [1.54, 1.807) is 0 Å². The summed E-state index contributed by atoms with van der Waals surface area (Å²) in [6.45, 7) is 2.59. The molecule has 4 rings (SSSR count). The van der Waals surface area contributed by atoms with Gasteiger partial charge >= 0.3 is 11.9 Å². The highest BCUT2D eigenvalue weighted by molar-refractivity contribution is 5.67. The Bertz CT molecular complexity index is 1040. The van der Waals surface area contributed by atoms with E-state index >= 15 is 0 Å². The smallest absolute Gasteiger partial charge is 0.303 e. The fourth-order valence-electron chi connectivity index (χ4n) is 4.65. The number of hydrogen-bond acceptors (Lipinski definition) is 7. The third kappa shape index (κ3) is 5.33. The number of hydrogen-bond donors (Lipinski definition) is 0. The second-order valence-corrected chi connectivity index (χ2v) is 8.52. The molecule has 3 aromatic carbocycles. The highest BCUT2D eigenvalue weighted by Gasteiger charge is 2.51. The number of methoxy groups -OCH3 is 1. The van der Waals surface area contributed by atoms with E-state index in [2.05, 4.69) is 0 Å². The molecule has 0 spiro atoms. The molecule has 0 amide bonds. The van der Waals surface area contributed by atoms with Gasteiger partial charge in [-0.25, -0.2) is 0 Å². The maximum absolute atomic E-state index is 12.2. The molecule has 0 aromatic heterocycles. The van der Waals surface area contributed by atoms with Crippen molar-refractivity contribution in [2.45, 2.75) is 44.1 Å². The number of rotatable bonds is 8. The van der Waals surface area contributed by atoms with Crippen molar-refractivity contribution in [2.75, 3.05) is 13.7 Å². The summed E-state index contributed by atoms with van der Waals surface area (Å²) >= 11 is 0. The summed E-state index contributed by atoms with van der Waals surface area (Å²) in [5.74, 6) is -1.05. The summed E-state index contributed by atoms with van der Waals surface area (Å²) in [5.41, 5.74) is 1.43. The molecule has 1 aliphatic rings. The third-order valence-electron chi connectivity index (χ3n) is 6.09. The van der Waals surface area contributed by atoms with Gasteiger partial charge in [0.2, 0.25) is 0 Å². The maximum atomic E-state index is 12.2. The van der Waals surface area contributed by atoms with Crippen LogP contribution in [0.15, 0.2) is 91.0 Å². The first-order valence-electron chi connectivity index (χ1n) is 11.8. The van der Waals surface area contributed by atoms with Gasteiger partial charge in [-0.1, -0.05) is 91.0 Å². The maximum Gasteiger partial charge on any atom is 0.303 e. The molecule has 4 atom stereocenters. The average molecular weight is 491 g/mol. The normalized spacial score (nSPS) is 22.0. The van der Waals surface area contributed by atoms with E-state index in [0.717, 1.165) is 16.7 Å². The fraction of sp³-hybridized carbons (Fsp3) is 0.310. The molecule has 0 bridgehead atoms. The molecule has 1 saturated heterocycles. The minimum absolute atomic E-state index is 0.00902. The van der Waals surface area contributed by atoms with Crippen molar-refractivity contribution in [3.8, 4) is 0 Å². The van der Waals surface area contributed by atoms with Crippen molar-refractivity contribution >= 4 is 11.9 Å². The summed E-state index contributed by atoms with van der Waals surface area (Å²) in [6.07, 6.45) is -3.68. The Balaban J connectivity index is 1.92. The topological polar surface area (TPSA) is 80.3 Å². The van der Waals surface area contributed by atoms with Crippen LogP contribution in [0.25, 0.3) is 0 Å². The average Bonchev–Trinajstić information content (AvgIpc) is 2.90. The van der Waals surface area contributed by atoms with E-state index in [4.69, 9.17) is 23.7 Å². The van der Waals surface area contributed by atoms with Crippen molar-refractivity contribution in [1.82, 2.24) is 0 Å². The Morgan fingerprint density at radius 3 is 1.56 bits per heavy atom. The van der Waals surface area contributed by atoms with E-state index in [1.807, 2.05) is 91.0 Å². The molecule has 1 aliphatic heterocycles. The van der Waals surface area contributed by atoms with Crippen LogP contribution in [0.4, 0.5) is 0 Å². The lowest BCUT2D eigenvalue weighted by atomic mass is 9.79. The minimum atomic E-state index is -1.13. The summed E-state index contributed by atoms with van der Waals surface area (Å²) in [5, 5.41) is 0. The monoisotopic (exact) mass is 490 g/mol. The van der Waals surface area contributed by atoms with Crippen molar-refractivity contribution in [2.24, 2.45) is 0 Å². The molecular weight excluding hydrogens is 460 g/mol. The first-order chi connectivity index (χ1) is 17.5. The van der Waals surface area contributed by atoms with Crippen molar-refractivity contribution in [3.63, 3.8) is 0 Å². The van der Waals surface area contributed by atoms with Crippen LogP contribution in [-0.4, -0.2) is 50.3 Å². The van der Waals surface area contributed by atoms with Gasteiger partial charge in [0.1, 0.15) is 5.60 Å². The van der Waals surface area contributed by atoms with Crippen molar-refractivity contribution in [3.05, 3.63) is 108 Å². The molecule has 0 saturated carbocycles. The van der Waals surface area contributed by atoms with Gasteiger partial charge in [0.25, 0.3) is 0 Å². The predicted molar refractivity (Wildman–Crippen MR) is 132 cm³/mol. The number of carbonyl (C=O) groups excluding carboxylic acids is 2. The first-order valence-corrected chi connectivity index (χ1v) is 11.8. The largest absolute Gasteiger partial charge is 0.456 e. The van der Waals surface area contributed by atoms with Gasteiger partial charge in [-0.2, -0.15) is 0 Å². The zero-order valence-corrected chi connectivity index (χ0v) is 20.5. The Labute approximate surface area is 210 Å². The molecule has 0 aliphatic carbocycles. The SMILES string of the molecule is COC1OCC(OC(C)=O)C(OC(C)=O)C1OC(c1ccccc1)(c1ccccc1)c1ccccc1. The summed E-state index contributed by atoms with van der Waals surface area (Å²) < 4.78 is 29.8. The standard InChI is InChI=1S/C29H30O7/c1-20(30)34-25-19-33-28(32-3)27(26(25)35-21(2)31)36-29(22-13-7-4-8-14-22,23-15-9-5-10-16-23)24-17-11-6-12-18-24/h4-18,25-28H,19H2,1-3H3. The molecule has 36 heavy (non-hydrogen) atoms. The van der Waals surface area contributed by atoms with Gasteiger partial charge in [0, 0.05) is 21.0 Å². The number of esters is 2. The molecule has 0 N–H and O–H groups in total. The van der Waals surface area contributed by atoms with E-state index < -0.39 is 42.1 Å². The summed E-state index contributed by atoms with van der Waals surface area (Å²) in [6, 6.07) is 29.3. The summed E-state index contributed by atoms with van der Waals surface area (Å²) in [7, 11) is 1.49. The van der Waals surface area contributed by atoms with Crippen LogP contribution in [0.1, 0.15) is 30.5 Å². The summed E-state index contributed by atoms with van der Waals surface area (Å²) in [4.78, 5) is 24.0. The van der Waals surface area contributed by atoms with E-state index in [1.165, 1.54) is 21.0 Å². The van der Waals surface area contributed by atoms with Crippen LogP contribution in [-0.2, 0) is 38.9 Å². The Kier molecular flexibility index (Phi) is 8.15. The van der Waals surface area contributed by atoms with E-state index in [-0.39, 0.29) is 6.61 Å². The molecular formula is C29H30O7. The zero-order chi connectivity index (χ0) is 25.5. The van der Waals surface area contributed by atoms with Crippen LogP contribution >= 0.6 is 0 Å². The first kappa shape index (κ1) is 25.6. The lowest BCUT2D eigenvalue weighted by Gasteiger charge is -2.46. The number of ether oxygens (including phenoxy) is 5. The Morgan fingerprint density at radius 1 is 0.722 bits per heavy atom. The van der Waals surface area contributed by atoms with Gasteiger partial charge in [-0.05, 0) is 16.7 Å². The predicted octanol–water partition coefficient (Wildman–Crippen LogP) is 4.23. The van der Waals surface area contributed by atoms with E-state index in [0.29, 0.717) is 0 Å². The zero-order valence-electron chi connectivity index (χ0n) is 20.5.